The molecule has 0 aliphatic carbocycles. The quantitative estimate of drug-likeness (QED) is 0.151. The first kappa shape index (κ1) is 18.1. The van der Waals surface area contributed by atoms with Gasteiger partial charge in [-0.3, -0.25) is 10.1 Å². The van der Waals surface area contributed by atoms with Gasteiger partial charge < -0.3 is 0 Å². The summed E-state index contributed by atoms with van der Waals surface area (Å²) in [4.78, 5) is 11.2. The van der Waals surface area contributed by atoms with Gasteiger partial charge in [0.1, 0.15) is 0 Å². The van der Waals surface area contributed by atoms with Gasteiger partial charge in [0.15, 0.2) is 0 Å². The average molecular weight is 463 g/mol. The fourth-order valence-electron chi connectivity index (χ4n) is 4.00. The number of nitro groups is 1. The third-order valence-electron chi connectivity index (χ3n) is 5.27. The van der Waals surface area contributed by atoms with Gasteiger partial charge >= 0.3 is 0 Å². The zero-order chi connectivity index (χ0) is 20.1. The molecule has 0 aromatic heterocycles. The molecule has 0 heterocycles. The van der Waals surface area contributed by atoms with Crippen LogP contribution in [0.4, 0.5) is 5.69 Å². The lowest BCUT2D eigenvalue weighted by atomic mass is 9.92. The van der Waals surface area contributed by atoms with Crippen molar-refractivity contribution in [2.45, 2.75) is 0 Å². The molecule has 5 aromatic carbocycles. The monoisotopic (exact) mass is 461 g/mol. The van der Waals surface area contributed by atoms with Crippen molar-refractivity contribution in [2.24, 2.45) is 0 Å². The van der Waals surface area contributed by atoms with E-state index in [1.54, 1.807) is 12.1 Å². The van der Waals surface area contributed by atoms with Crippen LogP contribution in [0.1, 0.15) is 0 Å². The first-order valence-electron chi connectivity index (χ1n) is 9.01. The van der Waals surface area contributed by atoms with Crippen LogP contribution < -0.4 is 0 Å². The lowest BCUT2D eigenvalue weighted by Gasteiger charge is -2.12. The first-order valence-corrected chi connectivity index (χ1v) is 10.2. The van der Waals surface area contributed by atoms with E-state index in [9.17, 15) is 10.1 Å². The molecule has 0 amide bonds. The van der Waals surface area contributed by atoms with Crippen molar-refractivity contribution in [2.75, 3.05) is 0 Å². The summed E-state index contributed by atoms with van der Waals surface area (Å²) in [5.74, 6) is 0. The zero-order valence-corrected chi connectivity index (χ0v) is 17.4. The highest BCUT2D eigenvalue weighted by Gasteiger charge is 2.17. The topological polar surface area (TPSA) is 43.1 Å². The van der Waals surface area contributed by atoms with Crippen molar-refractivity contribution in [1.82, 2.24) is 0 Å². The normalized spacial score (nSPS) is 11.4. The molecule has 0 N–H and O–H groups in total. The molecule has 0 unspecified atom stereocenters. The Balaban J connectivity index is 1.91. The van der Waals surface area contributed by atoms with E-state index < -0.39 is 0 Å². The Bertz CT molecular complexity index is 1440. The van der Waals surface area contributed by atoms with E-state index in [0.29, 0.717) is 10.6 Å². The number of halogens is 2. The summed E-state index contributed by atoms with van der Waals surface area (Å²) in [7, 11) is 0. The molecule has 0 bridgehead atoms. The van der Waals surface area contributed by atoms with Gasteiger partial charge in [-0.15, -0.1) is 0 Å². The van der Waals surface area contributed by atoms with Gasteiger partial charge in [0.25, 0.3) is 5.69 Å². The maximum absolute atomic E-state index is 11.6. The van der Waals surface area contributed by atoms with Crippen LogP contribution in [-0.4, -0.2) is 4.92 Å². The fraction of sp³-hybridized carbons (Fsp3) is 0. The second kappa shape index (κ2) is 6.83. The van der Waals surface area contributed by atoms with E-state index in [0.717, 1.165) is 42.4 Å². The maximum atomic E-state index is 11.6. The molecule has 0 aliphatic heterocycles. The molecule has 0 radical (unpaired) electrons. The second-order valence-electron chi connectivity index (χ2n) is 6.91. The fourth-order valence-corrected chi connectivity index (χ4v) is 4.53. The van der Waals surface area contributed by atoms with E-state index in [4.69, 9.17) is 11.6 Å². The maximum Gasteiger partial charge on any atom is 0.277 e. The summed E-state index contributed by atoms with van der Waals surface area (Å²) >= 11 is 9.71. The second-order valence-corrected chi connectivity index (χ2v) is 8.27. The van der Waals surface area contributed by atoms with Gasteiger partial charge in [0.2, 0.25) is 0 Å². The molecule has 5 rings (SSSR count). The summed E-state index contributed by atoms with van der Waals surface area (Å²) in [5, 5.41) is 18.8. The highest BCUT2D eigenvalue weighted by Crippen LogP contribution is 2.40. The number of nitro benzene ring substituents is 1. The van der Waals surface area contributed by atoms with Crippen LogP contribution >= 0.6 is 27.5 Å². The Morgan fingerprint density at radius 2 is 1.34 bits per heavy atom. The van der Waals surface area contributed by atoms with Crippen LogP contribution in [0.3, 0.4) is 0 Å². The van der Waals surface area contributed by atoms with E-state index in [2.05, 4.69) is 28.1 Å². The minimum Gasteiger partial charge on any atom is -0.258 e. The first-order chi connectivity index (χ1) is 14.0. The Kier molecular flexibility index (Phi) is 4.26. The highest BCUT2D eigenvalue weighted by atomic mass is 79.9. The van der Waals surface area contributed by atoms with Gasteiger partial charge in [-0.05, 0) is 68.2 Å². The molecule has 0 saturated heterocycles. The average Bonchev–Trinajstić information content (AvgIpc) is 2.73. The predicted octanol–water partition coefficient (Wildman–Crippen LogP) is 8.14. The molecule has 5 heteroatoms. The predicted molar refractivity (Wildman–Crippen MR) is 124 cm³/mol. The van der Waals surface area contributed by atoms with Crippen LogP contribution in [0.15, 0.2) is 83.3 Å². The molecule has 3 nitrogen and oxygen atoms in total. The van der Waals surface area contributed by atoms with Crippen molar-refractivity contribution in [3.05, 3.63) is 98.5 Å². The number of benzene rings is 5. The SMILES string of the molecule is O=[N+]([O-])c1ccc(Br)cc1-c1ccc2c3ccc(Cl)cc3c3ccccc3c2c1. The van der Waals surface area contributed by atoms with E-state index in [1.807, 2.05) is 48.5 Å². The Hall–Kier alpha value is -2.95. The Morgan fingerprint density at radius 1 is 0.724 bits per heavy atom. The Morgan fingerprint density at radius 3 is 2.03 bits per heavy atom. The summed E-state index contributed by atoms with van der Waals surface area (Å²) in [6.07, 6.45) is 0. The number of fused-ring (bicyclic) bond motifs is 6. The summed E-state index contributed by atoms with van der Waals surface area (Å²) in [6, 6.07) is 25.1. The van der Waals surface area contributed by atoms with Gasteiger partial charge in [0, 0.05) is 15.6 Å². The number of hydrogen-bond acceptors (Lipinski definition) is 2. The molecular formula is C24H13BrClNO2. The van der Waals surface area contributed by atoms with Crippen molar-refractivity contribution < 1.29 is 4.92 Å². The number of hydrogen-bond donors (Lipinski definition) is 0. The van der Waals surface area contributed by atoms with Gasteiger partial charge in [-0.25, -0.2) is 0 Å². The molecule has 0 fully saturated rings. The van der Waals surface area contributed by atoms with Gasteiger partial charge in [-0.2, -0.15) is 0 Å². The van der Waals surface area contributed by atoms with Crippen LogP contribution in [0.5, 0.6) is 0 Å². The van der Waals surface area contributed by atoms with Crippen LogP contribution in [0, 0.1) is 10.1 Å². The summed E-state index contributed by atoms with van der Waals surface area (Å²) in [6.45, 7) is 0. The molecule has 0 aliphatic rings. The van der Waals surface area contributed by atoms with Crippen LogP contribution in [-0.2, 0) is 0 Å². The molecule has 29 heavy (non-hydrogen) atoms. The molecular weight excluding hydrogens is 450 g/mol. The molecule has 0 atom stereocenters. The van der Waals surface area contributed by atoms with E-state index in [-0.39, 0.29) is 10.6 Å². The zero-order valence-electron chi connectivity index (χ0n) is 15.0. The third kappa shape index (κ3) is 2.96. The molecule has 5 aromatic rings. The van der Waals surface area contributed by atoms with Crippen molar-refractivity contribution in [1.29, 1.82) is 0 Å². The minimum absolute atomic E-state index is 0.0874. The van der Waals surface area contributed by atoms with Gasteiger partial charge in [-0.1, -0.05) is 70.0 Å². The lowest BCUT2D eigenvalue weighted by Crippen LogP contribution is -1.92. The molecule has 0 spiro atoms. The van der Waals surface area contributed by atoms with Crippen molar-refractivity contribution in [3.63, 3.8) is 0 Å². The third-order valence-corrected chi connectivity index (χ3v) is 5.99. The largest absolute Gasteiger partial charge is 0.277 e. The number of rotatable bonds is 2. The number of nitrogens with zero attached hydrogens (tertiary/aromatic N) is 1. The summed E-state index contributed by atoms with van der Waals surface area (Å²) < 4.78 is 0.802. The lowest BCUT2D eigenvalue weighted by molar-refractivity contribution is -0.384. The molecule has 140 valence electrons. The van der Waals surface area contributed by atoms with Crippen molar-refractivity contribution >= 4 is 65.5 Å². The van der Waals surface area contributed by atoms with Crippen molar-refractivity contribution in [3.8, 4) is 11.1 Å². The van der Waals surface area contributed by atoms with E-state index in [1.165, 1.54) is 6.07 Å². The van der Waals surface area contributed by atoms with Crippen LogP contribution in [0.2, 0.25) is 5.02 Å². The highest BCUT2D eigenvalue weighted by molar-refractivity contribution is 9.10. The van der Waals surface area contributed by atoms with Gasteiger partial charge in [0.05, 0.1) is 10.5 Å². The Labute approximate surface area is 179 Å². The molecule has 0 saturated carbocycles. The summed E-state index contributed by atoms with van der Waals surface area (Å²) in [5.41, 5.74) is 1.49. The van der Waals surface area contributed by atoms with Crippen LogP contribution in [0.25, 0.3) is 43.4 Å². The van der Waals surface area contributed by atoms with E-state index >= 15 is 0 Å². The smallest absolute Gasteiger partial charge is 0.258 e. The standard InChI is InChI=1S/C24H13BrClNO2/c25-15-6-10-24(27(28)29)21(12-15)14-5-8-19-20-9-7-16(26)13-23(20)18-4-2-1-3-17(18)22(19)11-14/h1-13H. The minimum atomic E-state index is -0.341.